The van der Waals surface area contributed by atoms with Crippen molar-refractivity contribution in [3.63, 3.8) is 0 Å². The van der Waals surface area contributed by atoms with Gasteiger partial charge >= 0.3 is 0 Å². The van der Waals surface area contributed by atoms with Gasteiger partial charge in [-0.15, -0.1) is 0 Å². The molecular formula is C24H25N5O6. The minimum atomic E-state index is 0.386. The van der Waals surface area contributed by atoms with E-state index in [1.54, 1.807) is 71.4 Å². The van der Waals surface area contributed by atoms with Gasteiger partial charge in [0.1, 0.15) is 11.6 Å². The van der Waals surface area contributed by atoms with E-state index in [0.717, 1.165) is 0 Å². The number of nitrogens with zero attached hydrogens (tertiary/aromatic N) is 3. The Morgan fingerprint density at radius 3 is 1.77 bits per heavy atom. The third kappa shape index (κ3) is 3.95. The van der Waals surface area contributed by atoms with E-state index in [9.17, 15) is 5.26 Å². The van der Waals surface area contributed by atoms with Crippen molar-refractivity contribution in [3.05, 3.63) is 36.0 Å². The molecule has 0 atom stereocenters. The number of fused-ring (bicyclic) bond motifs is 1. The first-order valence-electron chi connectivity index (χ1n) is 10.4. The fraction of sp³-hybridized carbons (Fsp3) is 0.250. The molecule has 182 valence electrons. The summed E-state index contributed by atoms with van der Waals surface area (Å²) in [6.07, 6.45) is 1.49. The summed E-state index contributed by atoms with van der Waals surface area (Å²) in [5.74, 6) is 3.41. The molecule has 0 radical (unpaired) electrons. The molecule has 0 amide bonds. The van der Waals surface area contributed by atoms with Crippen molar-refractivity contribution in [1.82, 2.24) is 14.6 Å². The fourth-order valence-electron chi connectivity index (χ4n) is 3.84. The van der Waals surface area contributed by atoms with Gasteiger partial charge in [-0.3, -0.25) is 0 Å². The Balaban J connectivity index is 1.94. The van der Waals surface area contributed by atoms with Crippen LogP contribution in [0.2, 0.25) is 0 Å². The summed E-state index contributed by atoms with van der Waals surface area (Å²) in [5.41, 5.74) is 2.90. The number of aromatic nitrogens is 3. The highest BCUT2D eigenvalue weighted by Gasteiger charge is 2.22. The second-order valence-electron chi connectivity index (χ2n) is 7.23. The normalized spacial score (nSPS) is 10.5. The van der Waals surface area contributed by atoms with E-state index in [1.807, 2.05) is 0 Å². The van der Waals surface area contributed by atoms with E-state index in [4.69, 9.17) is 28.4 Å². The average molecular weight is 479 g/mol. The minimum absolute atomic E-state index is 0.386. The molecule has 11 heteroatoms. The second kappa shape index (κ2) is 9.64. The van der Waals surface area contributed by atoms with Crippen molar-refractivity contribution >= 4 is 17.2 Å². The fourth-order valence-corrected chi connectivity index (χ4v) is 3.84. The highest BCUT2D eigenvalue weighted by Crippen LogP contribution is 2.44. The third-order valence-corrected chi connectivity index (χ3v) is 5.46. The Hall–Kier alpha value is -4.72. The summed E-state index contributed by atoms with van der Waals surface area (Å²) in [6, 6.07) is 9.31. The van der Waals surface area contributed by atoms with Crippen molar-refractivity contribution in [2.24, 2.45) is 0 Å². The molecule has 4 aromatic rings. The van der Waals surface area contributed by atoms with E-state index >= 15 is 0 Å². The Kier molecular flexibility index (Phi) is 6.46. The van der Waals surface area contributed by atoms with Crippen LogP contribution < -0.4 is 33.7 Å². The topological polar surface area (TPSA) is 124 Å². The van der Waals surface area contributed by atoms with Crippen LogP contribution in [0.4, 0.5) is 11.5 Å². The SMILES string of the molecule is COc1cc(Nc2c(-c3cc(OC)c(OC)c(OC)c3)[nH]c3c(C#N)cnn23)cc(OC)c1OC. The van der Waals surface area contributed by atoms with Crippen molar-refractivity contribution in [2.45, 2.75) is 0 Å². The van der Waals surface area contributed by atoms with Gasteiger partial charge < -0.3 is 38.7 Å². The number of hydrogen-bond acceptors (Lipinski definition) is 9. The number of benzene rings is 2. The Morgan fingerprint density at radius 1 is 0.800 bits per heavy atom. The number of H-pyrrole nitrogens is 1. The summed E-state index contributed by atoms with van der Waals surface area (Å²) in [6.45, 7) is 0. The lowest BCUT2D eigenvalue weighted by Gasteiger charge is -2.16. The summed E-state index contributed by atoms with van der Waals surface area (Å²) in [5, 5.41) is 17.3. The molecule has 0 bridgehead atoms. The number of rotatable bonds is 9. The maximum Gasteiger partial charge on any atom is 0.203 e. The maximum absolute atomic E-state index is 9.56. The highest BCUT2D eigenvalue weighted by molar-refractivity contribution is 5.83. The van der Waals surface area contributed by atoms with Crippen LogP contribution in [0.25, 0.3) is 16.9 Å². The van der Waals surface area contributed by atoms with Gasteiger partial charge in [0.25, 0.3) is 0 Å². The lowest BCUT2D eigenvalue weighted by Crippen LogP contribution is -2.01. The van der Waals surface area contributed by atoms with E-state index in [0.29, 0.717) is 68.5 Å². The number of imidazole rings is 1. The first-order chi connectivity index (χ1) is 17.0. The summed E-state index contributed by atoms with van der Waals surface area (Å²) in [7, 11) is 9.27. The van der Waals surface area contributed by atoms with Gasteiger partial charge in [0.15, 0.2) is 34.5 Å². The molecule has 4 rings (SSSR count). The van der Waals surface area contributed by atoms with Crippen LogP contribution in [0.1, 0.15) is 5.56 Å². The van der Waals surface area contributed by atoms with Gasteiger partial charge in [-0.1, -0.05) is 0 Å². The number of nitrogens with one attached hydrogen (secondary N) is 2. The molecule has 2 aromatic carbocycles. The van der Waals surface area contributed by atoms with Crippen LogP contribution in [0.5, 0.6) is 34.5 Å². The first kappa shape index (κ1) is 23.4. The number of nitriles is 1. The van der Waals surface area contributed by atoms with Gasteiger partial charge in [-0.25, -0.2) is 0 Å². The molecule has 0 aliphatic heterocycles. The maximum atomic E-state index is 9.56. The molecule has 0 aliphatic rings. The van der Waals surface area contributed by atoms with E-state index in [1.165, 1.54) is 6.20 Å². The van der Waals surface area contributed by atoms with Gasteiger partial charge in [-0.05, 0) is 12.1 Å². The van der Waals surface area contributed by atoms with Crippen LogP contribution in [0.15, 0.2) is 30.5 Å². The number of anilines is 2. The number of aromatic amines is 1. The van der Waals surface area contributed by atoms with Crippen molar-refractivity contribution < 1.29 is 28.4 Å². The van der Waals surface area contributed by atoms with Crippen LogP contribution in [-0.2, 0) is 0 Å². The van der Waals surface area contributed by atoms with Crippen LogP contribution in [0.3, 0.4) is 0 Å². The van der Waals surface area contributed by atoms with Crippen LogP contribution in [-0.4, -0.2) is 57.3 Å². The highest BCUT2D eigenvalue weighted by atomic mass is 16.5. The molecule has 0 saturated carbocycles. The van der Waals surface area contributed by atoms with E-state index in [-0.39, 0.29) is 0 Å². The van der Waals surface area contributed by atoms with Crippen molar-refractivity contribution in [3.8, 4) is 51.8 Å². The Bertz CT molecular complexity index is 1370. The largest absolute Gasteiger partial charge is 0.493 e. The second-order valence-corrected chi connectivity index (χ2v) is 7.23. The average Bonchev–Trinajstić information content (AvgIpc) is 3.46. The predicted octanol–water partition coefficient (Wildman–Crippen LogP) is 4.00. The zero-order valence-corrected chi connectivity index (χ0v) is 20.2. The van der Waals surface area contributed by atoms with Crippen molar-refractivity contribution in [1.29, 1.82) is 5.26 Å². The molecule has 0 aliphatic carbocycles. The molecule has 0 saturated heterocycles. The lowest BCUT2D eigenvalue weighted by atomic mass is 10.1. The molecule has 11 nitrogen and oxygen atoms in total. The summed E-state index contributed by atoms with van der Waals surface area (Å²) in [4.78, 5) is 3.30. The summed E-state index contributed by atoms with van der Waals surface area (Å²) < 4.78 is 34.5. The predicted molar refractivity (Wildman–Crippen MR) is 129 cm³/mol. The monoisotopic (exact) mass is 479 g/mol. The first-order valence-corrected chi connectivity index (χ1v) is 10.4. The van der Waals surface area contributed by atoms with Gasteiger partial charge in [-0.2, -0.15) is 14.9 Å². The van der Waals surface area contributed by atoms with E-state index in [2.05, 4.69) is 21.5 Å². The molecule has 35 heavy (non-hydrogen) atoms. The minimum Gasteiger partial charge on any atom is -0.493 e. The molecule has 0 spiro atoms. The van der Waals surface area contributed by atoms with E-state index < -0.39 is 0 Å². The molecule has 0 fully saturated rings. The Morgan fingerprint density at radius 2 is 1.31 bits per heavy atom. The number of ether oxygens (including phenoxy) is 6. The quantitative estimate of drug-likeness (QED) is 0.366. The number of methoxy groups -OCH3 is 6. The molecular weight excluding hydrogens is 454 g/mol. The third-order valence-electron chi connectivity index (χ3n) is 5.46. The zero-order chi connectivity index (χ0) is 25.1. The Labute approximate surface area is 201 Å². The molecule has 0 unspecified atom stereocenters. The number of hydrogen-bond donors (Lipinski definition) is 2. The van der Waals surface area contributed by atoms with Gasteiger partial charge in [0, 0.05) is 23.4 Å². The lowest BCUT2D eigenvalue weighted by molar-refractivity contribution is 0.324. The smallest absolute Gasteiger partial charge is 0.203 e. The zero-order valence-electron chi connectivity index (χ0n) is 20.2. The van der Waals surface area contributed by atoms with Gasteiger partial charge in [0.2, 0.25) is 11.5 Å². The van der Waals surface area contributed by atoms with Crippen molar-refractivity contribution in [2.75, 3.05) is 48.0 Å². The molecule has 2 N–H and O–H groups in total. The summed E-state index contributed by atoms with van der Waals surface area (Å²) >= 11 is 0. The van der Waals surface area contributed by atoms with Gasteiger partial charge in [0.05, 0.1) is 54.5 Å². The standard InChI is InChI=1S/C24H25N5O6/c1-30-16-7-13(8-17(31-2)21(16)34-5)20-24(29-23(28-20)14(11-25)12-26-29)27-15-9-18(32-3)22(35-6)19(10-15)33-4/h7-10,12,27-28H,1-6H3. The van der Waals surface area contributed by atoms with Crippen LogP contribution >= 0.6 is 0 Å². The molecule has 2 aromatic heterocycles. The molecule has 2 heterocycles. The van der Waals surface area contributed by atoms with Crippen LogP contribution in [0, 0.1) is 11.3 Å².